The number of hydrogen-bond donors (Lipinski definition) is 1. The molecular formula is C23H30N6O2S. The number of carbonyl (C=O) groups excluding carboxylic acids is 1. The van der Waals surface area contributed by atoms with E-state index in [4.69, 9.17) is 9.72 Å². The molecule has 170 valence electrons. The fraction of sp³-hybridized carbons (Fsp3) is 0.478. The first-order valence-electron chi connectivity index (χ1n) is 10.9. The fourth-order valence-corrected chi connectivity index (χ4v) is 4.05. The molecule has 8 nitrogen and oxygen atoms in total. The van der Waals surface area contributed by atoms with E-state index in [9.17, 15) is 4.79 Å². The van der Waals surface area contributed by atoms with E-state index in [0.29, 0.717) is 37.0 Å². The number of ether oxygens (including phenoxy) is 1. The number of thioether (sulfide) groups is 1. The molecule has 2 aromatic heterocycles. The van der Waals surface area contributed by atoms with Gasteiger partial charge in [-0.25, -0.2) is 14.6 Å². The van der Waals surface area contributed by atoms with Crippen molar-refractivity contribution in [1.82, 2.24) is 25.1 Å². The van der Waals surface area contributed by atoms with Gasteiger partial charge in [0.05, 0.1) is 31.3 Å². The molecule has 0 saturated carbocycles. The lowest BCUT2D eigenvalue weighted by molar-refractivity contribution is 0.0952. The highest BCUT2D eigenvalue weighted by atomic mass is 32.2. The van der Waals surface area contributed by atoms with E-state index in [-0.39, 0.29) is 11.3 Å². The molecule has 1 aliphatic heterocycles. The van der Waals surface area contributed by atoms with E-state index in [1.54, 1.807) is 0 Å². The van der Waals surface area contributed by atoms with Crippen LogP contribution in [0.2, 0.25) is 0 Å². The van der Waals surface area contributed by atoms with Gasteiger partial charge in [0.15, 0.2) is 10.8 Å². The van der Waals surface area contributed by atoms with Gasteiger partial charge in [-0.15, -0.1) is 0 Å². The van der Waals surface area contributed by atoms with Crippen molar-refractivity contribution in [3.8, 4) is 0 Å². The van der Waals surface area contributed by atoms with Crippen LogP contribution in [0.4, 0.5) is 5.82 Å². The maximum atomic E-state index is 12.6. The number of morpholine rings is 1. The zero-order chi connectivity index (χ0) is 22.7. The van der Waals surface area contributed by atoms with Gasteiger partial charge in [0, 0.05) is 25.2 Å². The summed E-state index contributed by atoms with van der Waals surface area (Å²) in [5.74, 6) is 0.812. The molecule has 3 heterocycles. The highest BCUT2D eigenvalue weighted by Crippen LogP contribution is 2.27. The molecule has 1 amide bonds. The van der Waals surface area contributed by atoms with Crippen LogP contribution in [0.15, 0.2) is 35.6 Å². The number of nitrogens with one attached hydrogen (secondary N) is 1. The van der Waals surface area contributed by atoms with Gasteiger partial charge in [-0.1, -0.05) is 44.7 Å². The number of aromatic nitrogens is 4. The van der Waals surface area contributed by atoms with Crippen LogP contribution in [-0.2, 0) is 16.7 Å². The third kappa shape index (κ3) is 4.88. The number of nitrogens with zero attached hydrogens (tertiary/aromatic N) is 5. The lowest BCUT2D eigenvalue weighted by Gasteiger charge is -2.28. The molecular weight excluding hydrogens is 424 g/mol. The van der Waals surface area contributed by atoms with Crippen LogP contribution in [-0.4, -0.2) is 64.8 Å². The maximum absolute atomic E-state index is 12.6. The van der Waals surface area contributed by atoms with Crippen LogP contribution in [0.1, 0.15) is 36.7 Å². The van der Waals surface area contributed by atoms with Gasteiger partial charge in [-0.3, -0.25) is 4.79 Å². The van der Waals surface area contributed by atoms with Crippen molar-refractivity contribution in [2.45, 2.75) is 37.9 Å². The number of hydrogen-bond acceptors (Lipinski definition) is 7. The minimum absolute atomic E-state index is 0.0632. The maximum Gasteiger partial charge on any atom is 0.251 e. The SMILES string of the molecule is CSc1nc(N2CCOCC2)c2cnn(CCNC(=O)c3ccc(C(C)(C)C)cc3)c2n1. The van der Waals surface area contributed by atoms with E-state index in [2.05, 4.69) is 41.1 Å². The van der Waals surface area contributed by atoms with Gasteiger partial charge in [-0.05, 0) is 29.4 Å². The molecule has 1 saturated heterocycles. The molecule has 1 N–H and O–H groups in total. The van der Waals surface area contributed by atoms with Gasteiger partial charge in [0.1, 0.15) is 5.82 Å². The summed E-state index contributed by atoms with van der Waals surface area (Å²) in [6.45, 7) is 10.5. The van der Waals surface area contributed by atoms with Crippen molar-refractivity contribution in [1.29, 1.82) is 0 Å². The van der Waals surface area contributed by atoms with Crippen LogP contribution >= 0.6 is 11.8 Å². The Bertz CT molecular complexity index is 1080. The molecule has 0 aliphatic carbocycles. The summed E-state index contributed by atoms with van der Waals surface area (Å²) in [4.78, 5) is 24.2. The van der Waals surface area contributed by atoms with E-state index >= 15 is 0 Å². The van der Waals surface area contributed by atoms with Crippen LogP contribution < -0.4 is 10.2 Å². The average Bonchev–Trinajstić information content (AvgIpc) is 3.21. The summed E-state index contributed by atoms with van der Waals surface area (Å²) in [6.07, 6.45) is 3.79. The van der Waals surface area contributed by atoms with E-state index in [1.165, 1.54) is 17.3 Å². The summed E-state index contributed by atoms with van der Waals surface area (Å²) in [6, 6.07) is 7.80. The standard InChI is InChI=1S/C23H30N6O2S/c1-23(2,3)17-7-5-16(6-8-17)21(30)24-9-10-29-20-18(15-25-29)19(26-22(27-20)32-4)28-11-13-31-14-12-28/h5-8,15H,9-14H2,1-4H3,(H,24,30). The first-order chi connectivity index (χ1) is 15.4. The first kappa shape index (κ1) is 22.5. The topological polar surface area (TPSA) is 85.2 Å². The molecule has 1 aliphatic rings. The lowest BCUT2D eigenvalue weighted by atomic mass is 9.87. The zero-order valence-corrected chi connectivity index (χ0v) is 19.9. The summed E-state index contributed by atoms with van der Waals surface area (Å²) >= 11 is 1.51. The first-order valence-corrected chi connectivity index (χ1v) is 12.1. The van der Waals surface area contributed by atoms with Crippen molar-refractivity contribution >= 4 is 34.5 Å². The number of benzene rings is 1. The molecule has 0 unspecified atom stereocenters. The Kier molecular flexibility index (Phi) is 6.66. The molecule has 1 aromatic carbocycles. The number of amides is 1. The Balaban J connectivity index is 1.46. The monoisotopic (exact) mass is 454 g/mol. The van der Waals surface area contributed by atoms with Gasteiger partial charge in [0.2, 0.25) is 0 Å². The molecule has 9 heteroatoms. The quantitative estimate of drug-likeness (QED) is 0.452. The highest BCUT2D eigenvalue weighted by Gasteiger charge is 2.20. The number of anilines is 1. The lowest BCUT2D eigenvalue weighted by Crippen LogP contribution is -2.37. The Morgan fingerprint density at radius 1 is 1.16 bits per heavy atom. The highest BCUT2D eigenvalue weighted by molar-refractivity contribution is 7.98. The number of carbonyl (C=O) groups is 1. The Morgan fingerprint density at radius 2 is 1.88 bits per heavy atom. The van der Waals surface area contributed by atoms with Gasteiger partial charge >= 0.3 is 0 Å². The second kappa shape index (κ2) is 9.46. The molecule has 3 aromatic rings. The summed E-state index contributed by atoms with van der Waals surface area (Å²) in [7, 11) is 0. The Hall–Kier alpha value is -2.65. The normalized spacial score (nSPS) is 14.7. The fourth-order valence-electron chi connectivity index (χ4n) is 3.69. The molecule has 4 rings (SSSR count). The second-order valence-electron chi connectivity index (χ2n) is 8.82. The van der Waals surface area contributed by atoms with Crippen molar-refractivity contribution in [3.05, 3.63) is 41.6 Å². The molecule has 0 atom stereocenters. The van der Waals surface area contributed by atoms with Gasteiger partial charge in [0.25, 0.3) is 5.91 Å². The van der Waals surface area contributed by atoms with Crippen LogP contribution in [0.3, 0.4) is 0 Å². The average molecular weight is 455 g/mol. The largest absolute Gasteiger partial charge is 0.378 e. The van der Waals surface area contributed by atoms with E-state index < -0.39 is 0 Å². The predicted octanol–water partition coefficient (Wildman–Crippen LogP) is 3.11. The summed E-state index contributed by atoms with van der Waals surface area (Å²) < 4.78 is 7.32. The molecule has 0 radical (unpaired) electrons. The van der Waals surface area contributed by atoms with Crippen molar-refractivity contribution in [3.63, 3.8) is 0 Å². The summed E-state index contributed by atoms with van der Waals surface area (Å²) in [5, 5.41) is 9.16. The second-order valence-corrected chi connectivity index (χ2v) is 9.59. The summed E-state index contributed by atoms with van der Waals surface area (Å²) in [5.41, 5.74) is 2.71. The van der Waals surface area contributed by atoms with Gasteiger partial charge < -0.3 is 15.0 Å². The Labute approximate surface area is 192 Å². The third-order valence-electron chi connectivity index (χ3n) is 5.57. The van der Waals surface area contributed by atoms with Crippen LogP contribution in [0, 0.1) is 0 Å². The molecule has 32 heavy (non-hydrogen) atoms. The molecule has 1 fully saturated rings. The number of fused-ring (bicyclic) bond motifs is 1. The molecule has 0 bridgehead atoms. The smallest absolute Gasteiger partial charge is 0.251 e. The minimum Gasteiger partial charge on any atom is -0.378 e. The Morgan fingerprint density at radius 3 is 2.53 bits per heavy atom. The zero-order valence-electron chi connectivity index (χ0n) is 19.1. The molecule has 0 spiro atoms. The van der Waals surface area contributed by atoms with E-state index in [1.807, 2.05) is 41.4 Å². The van der Waals surface area contributed by atoms with E-state index in [0.717, 1.165) is 29.9 Å². The number of rotatable bonds is 6. The minimum atomic E-state index is -0.0876. The van der Waals surface area contributed by atoms with Crippen molar-refractivity contribution in [2.24, 2.45) is 0 Å². The van der Waals surface area contributed by atoms with Gasteiger partial charge in [-0.2, -0.15) is 5.10 Å². The van der Waals surface area contributed by atoms with Crippen LogP contribution in [0.25, 0.3) is 11.0 Å². The van der Waals surface area contributed by atoms with Crippen molar-refractivity contribution < 1.29 is 9.53 Å². The third-order valence-corrected chi connectivity index (χ3v) is 6.12. The van der Waals surface area contributed by atoms with Crippen LogP contribution in [0.5, 0.6) is 0 Å². The van der Waals surface area contributed by atoms with Crippen molar-refractivity contribution in [2.75, 3.05) is 44.0 Å². The predicted molar refractivity (Wildman–Crippen MR) is 128 cm³/mol.